The molecule has 1 fully saturated rings. The van der Waals surface area contributed by atoms with Crippen molar-refractivity contribution in [3.63, 3.8) is 0 Å². The van der Waals surface area contributed by atoms with Crippen LogP contribution in [0.5, 0.6) is 11.6 Å². The maximum atomic E-state index is 12.3. The lowest BCUT2D eigenvalue weighted by atomic mass is 10.1. The van der Waals surface area contributed by atoms with E-state index in [2.05, 4.69) is 25.9 Å². The number of rotatable bonds is 6. The Morgan fingerprint density at radius 2 is 1.90 bits per heavy atom. The molecule has 0 aliphatic carbocycles. The Morgan fingerprint density at radius 3 is 2.60 bits per heavy atom. The van der Waals surface area contributed by atoms with Gasteiger partial charge in [-0.1, -0.05) is 29.5 Å². The van der Waals surface area contributed by atoms with Gasteiger partial charge < -0.3 is 15.4 Å². The normalized spacial score (nSPS) is 13.6. The molecule has 1 aromatic carbocycles. The van der Waals surface area contributed by atoms with Crippen LogP contribution < -0.4 is 15.4 Å². The molecule has 0 unspecified atom stereocenters. The third-order valence-electron chi connectivity index (χ3n) is 4.64. The zero-order valence-electron chi connectivity index (χ0n) is 16.2. The second-order valence-electron chi connectivity index (χ2n) is 6.67. The topological polar surface area (TPSA) is 94.0 Å². The molecule has 10 heteroatoms. The lowest BCUT2D eigenvalue weighted by Gasteiger charge is -2.22. The molecule has 3 heterocycles. The Labute approximate surface area is 187 Å². The lowest BCUT2D eigenvalue weighted by Crippen LogP contribution is -2.29. The summed E-state index contributed by atoms with van der Waals surface area (Å²) in [4.78, 5) is 16.6. The van der Waals surface area contributed by atoms with Gasteiger partial charge in [-0.3, -0.25) is 4.79 Å². The second-order valence-corrected chi connectivity index (χ2v) is 6.67. The first-order chi connectivity index (χ1) is 13.8. The highest BCUT2D eigenvalue weighted by molar-refractivity contribution is 5.91. The Kier molecular flexibility index (Phi) is 9.04. The zero-order valence-corrected chi connectivity index (χ0v) is 17.9. The molecular formula is C20H24Cl2N6O2. The Morgan fingerprint density at radius 1 is 1.13 bits per heavy atom. The van der Waals surface area contributed by atoms with Crippen LogP contribution in [0.3, 0.4) is 0 Å². The largest absolute Gasteiger partial charge is 0.439 e. The van der Waals surface area contributed by atoms with Crippen molar-refractivity contribution in [1.82, 2.24) is 30.6 Å². The number of ether oxygens (including phenoxy) is 1. The minimum absolute atomic E-state index is 0. The average molecular weight is 451 g/mol. The second kappa shape index (κ2) is 11.5. The fourth-order valence-corrected chi connectivity index (χ4v) is 3.09. The van der Waals surface area contributed by atoms with E-state index in [1.807, 2.05) is 36.4 Å². The SMILES string of the molecule is Cl.Cl.O=C(NCc1ccc(Oc2ccccc2)nc1)c1cn(C2CCNCC2)nn1. The van der Waals surface area contributed by atoms with Crippen LogP contribution in [-0.4, -0.2) is 39.0 Å². The number of carbonyl (C=O) groups is 1. The van der Waals surface area contributed by atoms with Gasteiger partial charge in [0.15, 0.2) is 5.69 Å². The van der Waals surface area contributed by atoms with E-state index in [0.29, 0.717) is 24.2 Å². The van der Waals surface area contributed by atoms with Crippen LogP contribution in [0.2, 0.25) is 0 Å². The number of hydrogen-bond acceptors (Lipinski definition) is 6. The molecule has 4 rings (SSSR count). The van der Waals surface area contributed by atoms with Crippen LogP contribution in [0.25, 0.3) is 0 Å². The minimum Gasteiger partial charge on any atom is -0.439 e. The van der Waals surface area contributed by atoms with Gasteiger partial charge in [0.05, 0.1) is 12.2 Å². The highest BCUT2D eigenvalue weighted by Gasteiger charge is 2.18. The first-order valence-electron chi connectivity index (χ1n) is 9.36. The average Bonchev–Trinajstić information content (AvgIpc) is 3.25. The summed E-state index contributed by atoms with van der Waals surface area (Å²) in [5.74, 6) is 0.990. The standard InChI is InChI=1S/C20H22N6O2.2ClH/c27-20(18-14-26(25-24-18)16-8-10-21-11-9-16)23-13-15-6-7-19(22-12-15)28-17-4-2-1-3-5-17;;/h1-7,12,14,16,21H,8-11,13H2,(H,23,27);2*1H. The van der Waals surface area contributed by atoms with Crippen molar-refractivity contribution in [2.24, 2.45) is 0 Å². The fourth-order valence-electron chi connectivity index (χ4n) is 3.09. The van der Waals surface area contributed by atoms with E-state index in [0.717, 1.165) is 37.2 Å². The van der Waals surface area contributed by atoms with Gasteiger partial charge >= 0.3 is 0 Å². The van der Waals surface area contributed by atoms with E-state index < -0.39 is 0 Å². The molecule has 3 aromatic rings. The Bertz CT molecular complexity index is 915. The predicted molar refractivity (Wildman–Crippen MR) is 118 cm³/mol. The summed E-state index contributed by atoms with van der Waals surface area (Å²) in [6.45, 7) is 2.28. The molecule has 0 atom stereocenters. The third kappa shape index (κ3) is 6.16. The van der Waals surface area contributed by atoms with Crippen molar-refractivity contribution < 1.29 is 9.53 Å². The number of piperidine rings is 1. The van der Waals surface area contributed by atoms with Crippen molar-refractivity contribution >= 4 is 30.7 Å². The number of amides is 1. The van der Waals surface area contributed by atoms with E-state index in [1.54, 1.807) is 23.1 Å². The monoisotopic (exact) mass is 450 g/mol. The van der Waals surface area contributed by atoms with Crippen LogP contribution in [0.1, 0.15) is 34.9 Å². The molecule has 2 aromatic heterocycles. The van der Waals surface area contributed by atoms with Gasteiger partial charge in [-0.2, -0.15) is 0 Å². The number of nitrogens with zero attached hydrogens (tertiary/aromatic N) is 4. The van der Waals surface area contributed by atoms with Gasteiger partial charge in [0.2, 0.25) is 5.88 Å². The molecule has 0 bridgehead atoms. The molecule has 1 saturated heterocycles. The quantitative estimate of drug-likeness (QED) is 0.598. The van der Waals surface area contributed by atoms with E-state index in [-0.39, 0.29) is 30.7 Å². The van der Waals surface area contributed by atoms with Crippen molar-refractivity contribution in [2.45, 2.75) is 25.4 Å². The van der Waals surface area contributed by atoms with Gasteiger partial charge in [0, 0.05) is 18.8 Å². The smallest absolute Gasteiger partial charge is 0.273 e. The molecule has 1 aliphatic heterocycles. The molecular weight excluding hydrogens is 427 g/mol. The highest BCUT2D eigenvalue weighted by atomic mass is 35.5. The first kappa shape index (κ1) is 23.6. The molecule has 1 amide bonds. The molecule has 1 aliphatic rings. The minimum atomic E-state index is -0.246. The summed E-state index contributed by atoms with van der Waals surface area (Å²) in [7, 11) is 0. The summed E-state index contributed by atoms with van der Waals surface area (Å²) < 4.78 is 7.46. The summed E-state index contributed by atoms with van der Waals surface area (Å²) in [6.07, 6.45) is 5.39. The van der Waals surface area contributed by atoms with Gasteiger partial charge in [-0.15, -0.1) is 29.9 Å². The number of halogens is 2. The van der Waals surface area contributed by atoms with E-state index in [9.17, 15) is 4.79 Å². The van der Waals surface area contributed by atoms with Gasteiger partial charge in [0.1, 0.15) is 5.75 Å². The molecule has 160 valence electrons. The maximum absolute atomic E-state index is 12.3. The van der Waals surface area contributed by atoms with Crippen molar-refractivity contribution in [3.05, 3.63) is 66.1 Å². The van der Waals surface area contributed by atoms with Crippen molar-refractivity contribution in [3.8, 4) is 11.6 Å². The summed E-state index contributed by atoms with van der Waals surface area (Å²) in [5.41, 5.74) is 1.20. The van der Waals surface area contributed by atoms with Crippen LogP contribution in [0.4, 0.5) is 0 Å². The number of carbonyl (C=O) groups excluding carboxylic acids is 1. The number of hydrogen-bond donors (Lipinski definition) is 2. The first-order valence-corrected chi connectivity index (χ1v) is 9.36. The van der Waals surface area contributed by atoms with E-state index >= 15 is 0 Å². The highest BCUT2D eigenvalue weighted by Crippen LogP contribution is 2.19. The lowest BCUT2D eigenvalue weighted by molar-refractivity contribution is 0.0945. The van der Waals surface area contributed by atoms with Gasteiger partial charge in [-0.05, 0) is 43.6 Å². The molecule has 2 N–H and O–H groups in total. The molecule has 0 radical (unpaired) electrons. The summed E-state index contributed by atoms with van der Waals surface area (Å²) in [5, 5.41) is 14.3. The van der Waals surface area contributed by atoms with E-state index in [1.165, 1.54) is 0 Å². The zero-order chi connectivity index (χ0) is 19.2. The number of para-hydroxylation sites is 1. The van der Waals surface area contributed by atoms with Gasteiger partial charge in [-0.25, -0.2) is 9.67 Å². The number of benzene rings is 1. The number of aromatic nitrogens is 4. The van der Waals surface area contributed by atoms with Crippen LogP contribution >= 0.6 is 24.8 Å². The van der Waals surface area contributed by atoms with Crippen LogP contribution in [0, 0.1) is 0 Å². The van der Waals surface area contributed by atoms with E-state index in [4.69, 9.17) is 4.74 Å². The molecule has 8 nitrogen and oxygen atoms in total. The van der Waals surface area contributed by atoms with Crippen molar-refractivity contribution in [2.75, 3.05) is 13.1 Å². The van der Waals surface area contributed by atoms with Crippen molar-refractivity contribution in [1.29, 1.82) is 0 Å². The fraction of sp³-hybridized carbons (Fsp3) is 0.300. The summed E-state index contributed by atoms with van der Waals surface area (Å²) >= 11 is 0. The van der Waals surface area contributed by atoms with Crippen LogP contribution in [0.15, 0.2) is 54.9 Å². The Balaban J connectivity index is 0.00000160. The summed E-state index contributed by atoms with van der Waals surface area (Å²) in [6, 6.07) is 13.4. The number of nitrogens with one attached hydrogen (secondary N) is 2. The maximum Gasteiger partial charge on any atom is 0.273 e. The van der Waals surface area contributed by atoms with Gasteiger partial charge in [0.25, 0.3) is 5.91 Å². The molecule has 30 heavy (non-hydrogen) atoms. The molecule has 0 saturated carbocycles. The Hall–Kier alpha value is -2.68. The van der Waals surface area contributed by atoms with Crippen LogP contribution in [-0.2, 0) is 6.54 Å². The predicted octanol–water partition coefficient (Wildman–Crippen LogP) is 3.16. The third-order valence-corrected chi connectivity index (χ3v) is 4.64. The number of pyridine rings is 1. The molecule has 0 spiro atoms.